The Kier molecular flexibility index (Phi) is 3.83. The lowest BCUT2D eigenvalue weighted by Gasteiger charge is -2.30. The number of fused-ring (bicyclic) bond motifs is 1. The molecule has 6 heteroatoms. The minimum Gasteiger partial charge on any atom is -0.398 e. The maximum absolute atomic E-state index is 13.3. The molecule has 0 bridgehead atoms. The molecule has 0 saturated carbocycles. The average Bonchev–Trinajstić information content (AvgIpc) is 3.17. The van der Waals surface area contributed by atoms with Gasteiger partial charge in [0.25, 0.3) is 5.91 Å². The Morgan fingerprint density at radius 2 is 2.04 bits per heavy atom. The minimum atomic E-state index is -0.00360. The normalized spacial score (nSPS) is 13.7. The molecule has 0 fully saturated rings. The number of nitrogens with two attached hydrogens (primary N) is 1. The van der Waals surface area contributed by atoms with Gasteiger partial charge in [0.15, 0.2) is 5.82 Å². The van der Waals surface area contributed by atoms with Crippen LogP contribution in [-0.2, 0) is 6.42 Å². The zero-order chi connectivity index (χ0) is 18.4. The summed E-state index contributed by atoms with van der Waals surface area (Å²) in [5.41, 5.74) is 11.3. The number of aryl methyl sites for hydroxylation is 2. The van der Waals surface area contributed by atoms with Gasteiger partial charge in [-0.05, 0) is 57.4 Å². The highest BCUT2D eigenvalue weighted by Gasteiger charge is 2.27. The first-order chi connectivity index (χ1) is 12.5. The van der Waals surface area contributed by atoms with Crippen LogP contribution in [0.2, 0.25) is 0 Å². The van der Waals surface area contributed by atoms with E-state index in [1.807, 2.05) is 60.6 Å². The van der Waals surface area contributed by atoms with Crippen molar-refractivity contribution < 1.29 is 9.32 Å². The van der Waals surface area contributed by atoms with E-state index in [9.17, 15) is 4.79 Å². The quantitative estimate of drug-likeness (QED) is 0.717. The monoisotopic (exact) mass is 350 g/mol. The van der Waals surface area contributed by atoms with Crippen molar-refractivity contribution in [1.82, 2.24) is 9.72 Å². The lowest BCUT2D eigenvalue weighted by atomic mass is 9.99. The van der Waals surface area contributed by atoms with E-state index in [-0.39, 0.29) is 5.91 Å². The molecule has 3 heterocycles. The van der Waals surface area contributed by atoms with Crippen LogP contribution < -0.4 is 10.6 Å². The summed E-state index contributed by atoms with van der Waals surface area (Å²) in [6.45, 7) is 6.46. The second-order valence-corrected chi connectivity index (χ2v) is 6.82. The molecular weight excluding hydrogens is 328 g/mol. The number of hydrogen-bond donors (Lipinski definition) is 1. The van der Waals surface area contributed by atoms with Gasteiger partial charge in [0.1, 0.15) is 5.76 Å². The van der Waals surface area contributed by atoms with E-state index in [1.165, 1.54) is 0 Å². The lowest BCUT2D eigenvalue weighted by Crippen LogP contribution is -2.36. The second kappa shape index (κ2) is 6.05. The van der Waals surface area contributed by atoms with E-state index in [2.05, 4.69) is 5.16 Å². The number of amides is 1. The molecule has 6 nitrogen and oxygen atoms in total. The second-order valence-electron chi connectivity index (χ2n) is 6.82. The van der Waals surface area contributed by atoms with Gasteiger partial charge in [0, 0.05) is 35.4 Å². The maximum Gasteiger partial charge on any atom is 0.260 e. The molecule has 0 atom stereocenters. The molecule has 1 amide bonds. The number of hydrogen-bond acceptors (Lipinski definition) is 4. The third-order valence-electron chi connectivity index (χ3n) is 5.04. The van der Waals surface area contributed by atoms with E-state index >= 15 is 0 Å². The molecule has 26 heavy (non-hydrogen) atoms. The fourth-order valence-corrected chi connectivity index (χ4v) is 3.80. The maximum atomic E-state index is 13.3. The molecule has 0 unspecified atom stereocenters. The van der Waals surface area contributed by atoms with Crippen LogP contribution in [0.15, 0.2) is 34.9 Å². The smallest absolute Gasteiger partial charge is 0.260 e. The number of rotatable bonds is 2. The Bertz CT molecular complexity index is 999. The highest BCUT2D eigenvalue weighted by molar-refractivity contribution is 6.08. The average molecular weight is 350 g/mol. The first-order valence-electron chi connectivity index (χ1n) is 8.79. The van der Waals surface area contributed by atoms with Crippen molar-refractivity contribution in [3.05, 3.63) is 58.6 Å². The summed E-state index contributed by atoms with van der Waals surface area (Å²) in [6, 6.07) is 9.56. The van der Waals surface area contributed by atoms with Gasteiger partial charge in [-0.15, -0.1) is 0 Å². The van der Waals surface area contributed by atoms with Gasteiger partial charge in [-0.3, -0.25) is 9.36 Å². The summed E-state index contributed by atoms with van der Waals surface area (Å²) in [7, 11) is 0. The molecule has 3 aromatic rings. The number of anilines is 2. The first-order valence-corrected chi connectivity index (χ1v) is 8.79. The Balaban J connectivity index is 1.76. The van der Waals surface area contributed by atoms with Crippen LogP contribution in [0.5, 0.6) is 0 Å². The molecule has 4 rings (SSSR count). The van der Waals surface area contributed by atoms with E-state index in [1.54, 1.807) is 0 Å². The third kappa shape index (κ3) is 2.49. The molecule has 2 aromatic heterocycles. The summed E-state index contributed by atoms with van der Waals surface area (Å²) in [4.78, 5) is 15.2. The van der Waals surface area contributed by atoms with Crippen LogP contribution in [0.1, 0.15) is 39.5 Å². The molecule has 134 valence electrons. The SMILES string of the molecule is Cc1cc(-n2c(C)cc(C(=O)N3CCCc4c(N)cccc43)c2C)no1. The highest BCUT2D eigenvalue weighted by Crippen LogP contribution is 2.33. The Hall–Kier alpha value is -3.02. The molecule has 1 aromatic carbocycles. The third-order valence-corrected chi connectivity index (χ3v) is 5.04. The standard InChI is InChI=1S/C20H22N4O2/c1-12-10-16(14(3)24(12)19-11-13(2)26-22-19)20(25)23-9-5-6-15-17(21)7-4-8-18(15)23/h4,7-8,10-11H,5-6,9,21H2,1-3H3. The lowest BCUT2D eigenvalue weighted by molar-refractivity contribution is 0.0984. The zero-order valence-electron chi connectivity index (χ0n) is 15.2. The van der Waals surface area contributed by atoms with Crippen LogP contribution in [-0.4, -0.2) is 22.2 Å². The van der Waals surface area contributed by atoms with Crippen LogP contribution in [0.25, 0.3) is 5.82 Å². The van der Waals surface area contributed by atoms with Gasteiger partial charge in [-0.2, -0.15) is 0 Å². The molecular formula is C20H22N4O2. The topological polar surface area (TPSA) is 77.3 Å². The van der Waals surface area contributed by atoms with Gasteiger partial charge in [0.2, 0.25) is 0 Å². The van der Waals surface area contributed by atoms with Crippen molar-refractivity contribution in [3.63, 3.8) is 0 Å². The van der Waals surface area contributed by atoms with Crippen molar-refractivity contribution in [2.24, 2.45) is 0 Å². The summed E-state index contributed by atoms with van der Waals surface area (Å²) in [5.74, 6) is 1.43. The number of nitrogen functional groups attached to an aromatic ring is 1. The van der Waals surface area contributed by atoms with Crippen molar-refractivity contribution in [2.45, 2.75) is 33.6 Å². The Morgan fingerprint density at radius 1 is 1.23 bits per heavy atom. The zero-order valence-corrected chi connectivity index (χ0v) is 15.2. The van der Waals surface area contributed by atoms with E-state index in [0.29, 0.717) is 17.9 Å². The van der Waals surface area contributed by atoms with Crippen LogP contribution in [0, 0.1) is 20.8 Å². The predicted molar refractivity (Wildman–Crippen MR) is 101 cm³/mol. The molecule has 2 N–H and O–H groups in total. The summed E-state index contributed by atoms with van der Waals surface area (Å²) >= 11 is 0. The minimum absolute atomic E-state index is 0.00360. The van der Waals surface area contributed by atoms with E-state index < -0.39 is 0 Å². The molecule has 0 radical (unpaired) electrons. The number of aromatic nitrogens is 2. The molecule has 0 spiro atoms. The molecule has 1 aliphatic heterocycles. The summed E-state index contributed by atoms with van der Waals surface area (Å²) in [6.07, 6.45) is 1.82. The van der Waals surface area contributed by atoms with Crippen LogP contribution in [0.3, 0.4) is 0 Å². The van der Waals surface area contributed by atoms with Gasteiger partial charge >= 0.3 is 0 Å². The number of benzene rings is 1. The highest BCUT2D eigenvalue weighted by atomic mass is 16.5. The van der Waals surface area contributed by atoms with Crippen molar-refractivity contribution in [3.8, 4) is 5.82 Å². The Morgan fingerprint density at radius 3 is 2.77 bits per heavy atom. The number of carbonyl (C=O) groups excluding carboxylic acids is 1. The van der Waals surface area contributed by atoms with Gasteiger partial charge in [-0.25, -0.2) is 0 Å². The van der Waals surface area contributed by atoms with Crippen molar-refractivity contribution >= 4 is 17.3 Å². The summed E-state index contributed by atoms with van der Waals surface area (Å²) < 4.78 is 7.15. The van der Waals surface area contributed by atoms with E-state index in [4.69, 9.17) is 10.3 Å². The number of carbonyl (C=O) groups is 1. The van der Waals surface area contributed by atoms with E-state index in [0.717, 1.165) is 46.9 Å². The predicted octanol–water partition coefficient (Wildman–Crippen LogP) is 3.57. The molecule has 0 aliphatic carbocycles. The van der Waals surface area contributed by atoms with Crippen LogP contribution >= 0.6 is 0 Å². The van der Waals surface area contributed by atoms with Gasteiger partial charge in [-0.1, -0.05) is 11.2 Å². The summed E-state index contributed by atoms with van der Waals surface area (Å²) in [5, 5.41) is 4.09. The Labute approximate surface area is 152 Å². The van der Waals surface area contributed by atoms with Crippen molar-refractivity contribution in [2.75, 3.05) is 17.2 Å². The number of nitrogens with zero attached hydrogens (tertiary/aromatic N) is 3. The first kappa shape index (κ1) is 16.4. The largest absolute Gasteiger partial charge is 0.398 e. The van der Waals surface area contributed by atoms with Gasteiger partial charge < -0.3 is 15.2 Å². The van der Waals surface area contributed by atoms with Crippen LogP contribution in [0.4, 0.5) is 11.4 Å². The van der Waals surface area contributed by atoms with Crippen molar-refractivity contribution in [1.29, 1.82) is 0 Å². The fraction of sp³-hybridized carbons (Fsp3) is 0.300. The van der Waals surface area contributed by atoms with Gasteiger partial charge in [0.05, 0.1) is 5.56 Å². The molecule has 1 aliphatic rings. The molecule has 0 saturated heterocycles. The fourth-order valence-electron chi connectivity index (χ4n) is 3.80.